The largest absolute Gasteiger partial charge is 0.273 e. The molecule has 1 unspecified atom stereocenters. The number of fused-ring (bicyclic) bond motifs is 2. The predicted octanol–water partition coefficient (Wildman–Crippen LogP) is 5.37. The fourth-order valence-electron chi connectivity index (χ4n) is 4.53. The van der Waals surface area contributed by atoms with E-state index < -0.39 is 21.3 Å². The summed E-state index contributed by atoms with van der Waals surface area (Å²) in [6.45, 7) is 2.06. The van der Waals surface area contributed by atoms with E-state index in [9.17, 15) is 13.2 Å². The Bertz CT molecular complexity index is 1220. The van der Waals surface area contributed by atoms with Crippen LogP contribution >= 0.6 is 11.6 Å². The van der Waals surface area contributed by atoms with Crippen LogP contribution in [-0.4, -0.2) is 14.3 Å². The van der Waals surface area contributed by atoms with Crippen LogP contribution in [0.1, 0.15) is 43.7 Å². The predicted molar refractivity (Wildman–Crippen MR) is 120 cm³/mol. The molecular weight excluding hydrogens is 418 g/mol. The van der Waals surface area contributed by atoms with Crippen molar-refractivity contribution >= 4 is 38.3 Å². The Kier molecular flexibility index (Phi) is 5.60. The molecule has 1 amide bonds. The Balaban J connectivity index is 1.75. The molecule has 6 heteroatoms. The lowest BCUT2D eigenvalue weighted by Gasteiger charge is -2.29. The summed E-state index contributed by atoms with van der Waals surface area (Å²) in [5.41, 5.74) is 0.926. The fourth-order valence-corrected chi connectivity index (χ4v) is 6.08. The van der Waals surface area contributed by atoms with Crippen molar-refractivity contribution in [3.63, 3.8) is 0 Å². The molecule has 3 aromatic rings. The number of rotatable bonds is 6. The third-order valence-electron chi connectivity index (χ3n) is 6.09. The lowest BCUT2D eigenvalue weighted by Crippen LogP contribution is -2.45. The molecule has 0 spiro atoms. The molecule has 0 fully saturated rings. The van der Waals surface area contributed by atoms with E-state index in [4.69, 9.17) is 11.6 Å². The first-order chi connectivity index (χ1) is 14.4. The van der Waals surface area contributed by atoms with Crippen molar-refractivity contribution in [2.24, 2.45) is 0 Å². The smallest absolute Gasteiger partial charge is 0.264 e. The van der Waals surface area contributed by atoms with E-state index in [0.29, 0.717) is 29.7 Å². The quantitative estimate of drug-likeness (QED) is 0.559. The second-order valence-electron chi connectivity index (χ2n) is 7.86. The number of hydrogen-bond acceptors (Lipinski definition) is 3. The number of hydrogen-bond donors (Lipinski definition) is 1. The van der Waals surface area contributed by atoms with Crippen LogP contribution in [0.3, 0.4) is 0 Å². The first-order valence-electron chi connectivity index (χ1n) is 10.2. The lowest BCUT2D eigenvalue weighted by atomic mass is 9.77. The van der Waals surface area contributed by atoms with Gasteiger partial charge in [-0.15, -0.1) is 0 Å². The third kappa shape index (κ3) is 3.50. The van der Waals surface area contributed by atoms with Gasteiger partial charge in [0, 0.05) is 10.4 Å². The molecule has 0 aromatic heterocycles. The molecule has 3 aromatic carbocycles. The van der Waals surface area contributed by atoms with Gasteiger partial charge in [-0.1, -0.05) is 79.9 Å². The first-order valence-corrected chi connectivity index (χ1v) is 12.1. The number of carbonyl (C=O) groups is 1. The molecule has 0 saturated heterocycles. The van der Waals surface area contributed by atoms with Crippen molar-refractivity contribution in [3.8, 4) is 0 Å². The van der Waals surface area contributed by atoms with E-state index in [1.54, 1.807) is 18.2 Å². The number of amides is 1. The van der Waals surface area contributed by atoms with Gasteiger partial charge in [-0.25, -0.2) is 13.1 Å². The van der Waals surface area contributed by atoms with Crippen LogP contribution in [0.4, 0.5) is 0 Å². The monoisotopic (exact) mass is 441 g/mol. The van der Waals surface area contributed by atoms with Gasteiger partial charge in [-0.2, -0.15) is 0 Å². The van der Waals surface area contributed by atoms with Crippen molar-refractivity contribution in [1.29, 1.82) is 0 Å². The van der Waals surface area contributed by atoms with Crippen LogP contribution in [0.2, 0.25) is 5.02 Å². The molecule has 0 bridgehead atoms. The lowest BCUT2D eigenvalue weighted by molar-refractivity contribution is -0.125. The van der Waals surface area contributed by atoms with Crippen LogP contribution < -0.4 is 4.72 Å². The molecule has 0 radical (unpaired) electrons. The van der Waals surface area contributed by atoms with E-state index in [2.05, 4.69) is 11.6 Å². The summed E-state index contributed by atoms with van der Waals surface area (Å²) in [6.07, 6.45) is 3.56. The summed E-state index contributed by atoms with van der Waals surface area (Å²) >= 11 is 6.38. The van der Waals surface area contributed by atoms with Crippen LogP contribution in [0, 0.1) is 0 Å². The van der Waals surface area contributed by atoms with Crippen molar-refractivity contribution in [2.45, 2.75) is 49.3 Å². The zero-order chi connectivity index (χ0) is 21.4. The molecule has 0 saturated carbocycles. The Morgan fingerprint density at radius 3 is 2.60 bits per heavy atom. The minimum atomic E-state index is -4.03. The van der Waals surface area contributed by atoms with Crippen LogP contribution in [0.25, 0.3) is 10.8 Å². The molecule has 0 heterocycles. The highest BCUT2D eigenvalue weighted by molar-refractivity contribution is 7.90. The number of unbranched alkanes of at least 4 members (excludes halogenated alkanes) is 1. The molecular formula is C24H24ClNO3S. The molecule has 0 aliphatic heterocycles. The number of halogens is 1. The Labute approximate surface area is 182 Å². The average Bonchev–Trinajstić information content (AvgIpc) is 3.13. The Morgan fingerprint density at radius 1 is 1.07 bits per heavy atom. The van der Waals surface area contributed by atoms with E-state index in [1.165, 1.54) is 6.07 Å². The van der Waals surface area contributed by atoms with E-state index in [0.717, 1.165) is 29.4 Å². The minimum absolute atomic E-state index is 0.115. The summed E-state index contributed by atoms with van der Waals surface area (Å²) in [5.74, 6) is -0.468. The van der Waals surface area contributed by atoms with Crippen LogP contribution in [0.5, 0.6) is 0 Å². The molecule has 1 atom stereocenters. The second kappa shape index (κ2) is 8.05. The van der Waals surface area contributed by atoms with Crippen LogP contribution in [-0.2, 0) is 26.7 Å². The van der Waals surface area contributed by atoms with Gasteiger partial charge < -0.3 is 0 Å². The zero-order valence-electron chi connectivity index (χ0n) is 16.8. The molecule has 1 N–H and O–H groups in total. The highest BCUT2D eigenvalue weighted by Crippen LogP contribution is 2.45. The molecule has 30 heavy (non-hydrogen) atoms. The van der Waals surface area contributed by atoms with Gasteiger partial charge in [0.2, 0.25) is 5.91 Å². The number of benzene rings is 3. The van der Waals surface area contributed by atoms with Gasteiger partial charge in [0.15, 0.2) is 0 Å². The maximum absolute atomic E-state index is 13.5. The number of nitrogens with one attached hydrogen (secondary N) is 1. The number of sulfonamides is 1. The molecule has 4 rings (SSSR count). The zero-order valence-corrected chi connectivity index (χ0v) is 18.4. The minimum Gasteiger partial charge on any atom is -0.273 e. The van der Waals surface area contributed by atoms with Gasteiger partial charge in [0.25, 0.3) is 10.0 Å². The summed E-state index contributed by atoms with van der Waals surface area (Å²) in [4.78, 5) is 13.7. The average molecular weight is 442 g/mol. The highest BCUT2D eigenvalue weighted by atomic mass is 35.5. The molecule has 1 aliphatic carbocycles. The molecule has 156 valence electrons. The summed E-state index contributed by atoms with van der Waals surface area (Å²) in [5, 5.41) is 2.04. The van der Waals surface area contributed by atoms with Gasteiger partial charge in [-0.3, -0.25) is 4.79 Å². The Hall–Kier alpha value is -2.37. The maximum Gasteiger partial charge on any atom is 0.264 e. The second-order valence-corrected chi connectivity index (χ2v) is 9.92. The summed E-state index contributed by atoms with van der Waals surface area (Å²) in [7, 11) is -4.03. The van der Waals surface area contributed by atoms with Gasteiger partial charge in [0.05, 0.1) is 10.3 Å². The summed E-state index contributed by atoms with van der Waals surface area (Å²) in [6, 6.07) is 17.9. The normalized spacial score (nSPS) is 18.3. The van der Waals surface area contributed by atoms with Gasteiger partial charge in [0.1, 0.15) is 0 Å². The third-order valence-corrected chi connectivity index (χ3v) is 7.84. The van der Waals surface area contributed by atoms with Crippen molar-refractivity contribution < 1.29 is 13.2 Å². The van der Waals surface area contributed by atoms with E-state index >= 15 is 0 Å². The standard InChI is InChI=1S/C24H24ClNO3S/c1-2-3-15-24(16-14-19-20(24)11-7-12-21(19)25)23(27)26-30(28,29)22-13-6-9-17-8-4-5-10-18(17)22/h4-13H,2-3,14-16H2,1H3,(H,26,27). The number of carbonyl (C=O) groups excluding carboxylic acids is 1. The molecule has 1 aliphatic rings. The highest BCUT2D eigenvalue weighted by Gasteiger charge is 2.46. The first kappa shape index (κ1) is 20.9. The van der Waals surface area contributed by atoms with Crippen molar-refractivity contribution in [3.05, 3.63) is 76.8 Å². The van der Waals surface area contributed by atoms with E-state index in [1.807, 2.05) is 36.4 Å². The van der Waals surface area contributed by atoms with E-state index in [-0.39, 0.29) is 4.90 Å². The van der Waals surface area contributed by atoms with Gasteiger partial charge >= 0.3 is 0 Å². The van der Waals surface area contributed by atoms with Crippen molar-refractivity contribution in [1.82, 2.24) is 4.72 Å². The van der Waals surface area contributed by atoms with Crippen LogP contribution in [0.15, 0.2) is 65.6 Å². The van der Waals surface area contributed by atoms with Gasteiger partial charge in [-0.05, 0) is 47.9 Å². The fraction of sp³-hybridized carbons (Fsp3) is 0.292. The maximum atomic E-state index is 13.5. The molecule has 4 nitrogen and oxygen atoms in total. The topological polar surface area (TPSA) is 63.2 Å². The summed E-state index contributed by atoms with van der Waals surface area (Å²) < 4.78 is 28.9. The SMILES string of the molecule is CCCCC1(C(=O)NS(=O)(=O)c2cccc3ccccc23)CCc2c(Cl)cccc21. The van der Waals surface area contributed by atoms with Crippen molar-refractivity contribution in [2.75, 3.05) is 0 Å². The Morgan fingerprint density at radius 2 is 1.80 bits per heavy atom.